The van der Waals surface area contributed by atoms with Crippen molar-refractivity contribution in [2.24, 2.45) is 0 Å². The number of hydrogen-bond acceptors (Lipinski definition) is 3. The molecule has 1 unspecified atom stereocenters. The Balaban J connectivity index is 2.03. The van der Waals surface area contributed by atoms with Gasteiger partial charge in [-0.15, -0.1) is 11.3 Å². The van der Waals surface area contributed by atoms with Crippen molar-refractivity contribution in [3.63, 3.8) is 0 Å². The van der Waals surface area contributed by atoms with Gasteiger partial charge in [-0.1, -0.05) is 28.1 Å². The van der Waals surface area contributed by atoms with Crippen LogP contribution in [0.2, 0.25) is 0 Å². The molecule has 0 aliphatic rings. The Hall–Kier alpha value is -1.66. The smallest absolute Gasteiger partial charge is 0.262 e. The molecule has 4 nitrogen and oxygen atoms in total. The van der Waals surface area contributed by atoms with Crippen molar-refractivity contribution in [1.82, 2.24) is 10.6 Å². The summed E-state index contributed by atoms with van der Waals surface area (Å²) < 4.78 is 1.01. The summed E-state index contributed by atoms with van der Waals surface area (Å²) in [4.78, 5) is 26.0. The summed E-state index contributed by atoms with van der Waals surface area (Å²) in [5.41, 5.74) is 0.731. The number of rotatable bonds is 4. The number of halogens is 1. The van der Waals surface area contributed by atoms with Crippen molar-refractivity contribution in [3.05, 3.63) is 45.7 Å². The molecule has 2 N–H and O–H groups in total. The van der Waals surface area contributed by atoms with Gasteiger partial charge in [0.1, 0.15) is 6.04 Å². The molecule has 0 radical (unpaired) electrons. The minimum absolute atomic E-state index is 0.194. The second-order valence-corrected chi connectivity index (χ2v) is 8.60. The highest BCUT2D eigenvalue weighted by Crippen LogP contribution is 2.29. The second kappa shape index (κ2) is 7.49. The maximum absolute atomic E-state index is 12.3. The molecule has 6 heteroatoms. The Kier molecular flexibility index (Phi) is 5.83. The van der Waals surface area contributed by atoms with Crippen LogP contribution in [0.15, 0.2) is 40.9 Å². The van der Waals surface area contributed by atoms with Crippen molar-refractivity contribution in [3.8, 4) is 10.4 Å². The van der Waals surface area contributed by atoms with Crippen molar-refractivity contribution in [2.75, 3.05) is 0 Å². The lowest BCUT2D eigenvalue weighted by molar-refractivity contribution is -0.124. The minimum atomic E-state index is -0.588. The second-order valence-electron chi connectivity index (χ2n) is 6.61. The zero-order chi connectivity index (χ0) is 17.9. The van der Waals surface area contributed by atoms with Crippen LogP contribution in [-0.2, 0) is 4.79 Å². The van der Waals surface area contributed by atoms with Crippen LogP contribution >= 0.6 is 27.3 Å². The lowest BCUT2D eigenvalue weighted by atomic mass is 10.1. The normalized spacial score (nSPS) is 12.5. The molecular weight excluding hydrogens is 388 g/mol. The zero-order valence-corrected chi connectivity index (χ0v) is 16.5. The SMILES string of the molecule is CC(NC(=O)c1ccc(-c2ccc(Br)cc2)s1)C(=O)NC(C)(C)C. The van der Waals surface area contributed by atoms with Crippen LogP contribution in [0.1, 0.15) is 37.4 Å². The average Bonchev–Trinajstić information content (AvgIpc) is 2.96. The highest BCUT2D eigenvalue weighted by atomic mass is 79.9. The fourth-order valence-electron chi connectivity index (χ4n) is 2.04. The van der Waals surface area contributed by atoms with Crippen molar-refractivity contribution >= 4 is 39.1 Å². The third-order valence-electron chi connectivity index (χ3n) is 3.20. The third kappa shape index (κ3) is 5.18. The molecule has 2 rings (SSSR count). The topological polar surface area (TPSA) is 58.2 Å². The molecule has 128 valence electrons. The Morgan fingerprint density at radius 2 is 1.71 bits per heavy atom. The van der Waals surface area contributed by atoms with E-state index in [0.29, 0.717) is 4.88 Å². The van der Waals surface area contributed by atoms with Crippen LogP contribution in [0.25, 0.3) is 10.4 Å². The number of carbonyl (C=O) groups excluding carboxylic acids is 2. The molecule has 0 saturated heterocycles. The van der Waals surface area contributed by atoms with Gasteiger partial charge in [0.25, 0.3) is 5.91 Å². The van der Waals surface area contributed by atoms with E-state index in [2.05, 4.69) is 26.6 Å². The van der Waals surface area contributed by atoms with Gasteiger partial charge < -0.3 is 10.6 Å². The van der Waals surface area contributed by atoms with Crippen molar-refractivity contribution < 1.29 is 9.59 Å². The van der Waals surface area contributed by atoms with E-state index < -0.39 is 6.04 Å². The van der Waals surface area contributed by atoms with Gasteiger partial charge in [-0.05, 0) is 57.5 Å². The van der Waals surface area contributed by atoms with Crippen LogP contribution in [0, 0.1) is 0 Å². The minimum Gasteiger partial charge on any atom is -0.350 e. The zero-order valence-electron chi connectivity index (χ0n) is 14.1. The monoisotopic (exact) mass is 408 g/mol. The van der Waals surface area contributed by atoms with Gasteiger partial charge in [-0.3, -0.25) is 9.59 Å². The summed E-state index contributed by atoms with van der Waals surface area (Å²) in [6.45, 7) is 7.40. The van der Waals surface area contributed by atoms with E-state index in [-0.39, 0.29) is 17.4 Å². The first-order valence-electron chi connectivity index (χ1n) is 7.64. The molecule has 0 bridgehead atoms. The molecular formula is C18H21BrN2O2S. The predicted octanol–water partition coefficient (Wildman–Crippen LogP) is 4.21. The molecule has 1 aromatic carbocycles. The molecule has 1 heterocycles. The molecule has 1 aromatic heterocycles. The molecule has 0 fully saturated rings. The van der Waals surface area contributed by atoms with Crippen LogP contribution in [0.4, 0.5) is 0 Å². The molecule has 24 heavy (non-hydrogen) atoms. The lowest BCUT2D eigenvalue weighted by Gasteiger charge is -2.23. The van der Waals surface area contributed by atoms with E-state index in [1.54, 1.807) is 13.0 Å². The number of amides is 2. The predicted molar refractivity (Wildman–Crippen MR) is 102 cm³/mol. The van der Waals surface area contributed by atoms with E-state index in [1.165, 1.54) is 11.3 Å². The first-order chi connectivity index (χ1) is 11.2. The van der Waals surface area contributed by atoms with Crippen LogP contribution in [0.3, 0.4) is 0 Å². The first kappa shape index (κ1) is 18.7. The summed E-state index contributed by atoms with van der Waals surface area (Å²) in [6.07, 6.45) is 0. The molecule has 2 aromatic rings. The van der Waals surface area contributed by atoms with E-state index in [4.69, 9.17) is 0 Å². The molecule has 1 atom stereocenters. The van der Waals surface area contributed by atoms with Crippen LogP contribution in [0.5, 0.6) is 0 Å². The van der Waals surface area contributed by atoms with Crippen LogP contribution < -0.4 is 10.6 Å². The summed E-state index contributed by atoms with van der Waals surface area (Å²) in [7, 11) is 0. The molecule has 0 saturated carbocycles. The van der Waals surface area contributed by atoms with E-state index in [9.17, 15) is 9.59 Å². The first-order valence-corrected chi connectivity index (χ1v) is 9.25. The Morgan fingerprint density at radius 3 is 2.29 bits per heavy atom. The molecule has 0 aliphatic heterocycles. The summed E-state index contributed by atoms with van der Waals surface area (Å²) in [5.74, 6) is -0.430. The van der Waals surface area contributed by atoms with Crippen molar-refractivity contribution in [1.29, 1.82) is 0 Å². The van der Waals surface area contributed by atoms with E-state index in [0.717, 1.165) is 14.9 Å². The van der Waals surface area contributed by atoms with Gasteiger partial charge in [-0.2, -0.15) is 0 Å². The van der Waals surface area contributed by atoms with Gasteiger partial charge in [0.2, 0.25) is 5.91 Å². The maximum Gasteiger partial charge on any atom is 0.262 e. The maximum atomic E-state index is 12.3. The van der Waals surface area contributed by atoms with E-state index in [1.807, 2.05) is 51.1 Å². The van der Waals surface area contributed by atoms with Crippen LogP contribution in [-0.4, -0.2) is 23.4 Å². The number of nitrogens with one attached hydrogen (secondary N) is 2. The largest absolute Gasteiger partial charge is 0.350 e. The Morgan fingerprint density at radius 1 is 1.08 bits per heavy atom. The number of benzene rings is 1. The number of thiophene rings is 1. The Bertz CT molecular complexity index is 732. The van der Waals surface area contributed by atoms with Gasteiger partial charge in [0, 0.05) is 14.9 Å². The van der Waals surface area contributed by atoms with Gasteiger partial charge >= 0.3 is 0 Å². The summed E-state index contributed by atoms with van der Waals surface area (Å²) in [6, 6.07) is 11.0. The number of hydrogen-bond donors (Lipinski definition) is 2. The highest BCUT2D eigenvalue weighted by molar-refractivity contribution is 9.10. The Labute approximate surface area is 154 Å². The van der Waals surface area contributed by atoms with Gasteiger partial charge in [0.05, 0.1) is 4.88 Å². The summed E-state index contributed by atoms with van der Waals surface area (Å²) >= 11 is 4.82. The standard InChI is InChI=1S/C18H21BrN2O2S/c1-11(16(22)21-18(2,3)4)20-17(23)15-10-9-14(24-15)12-5-7-13(19)8-6-12/h5-11H,1-4H3,(H,20,23)(H,21,22). The third-order valence-corrected chi connectivity index (χ3v) is 4.86. The van der Waals surface area contributed by atoms with Crippen molar-refractivity contribution in [2.45, 2.75) is 39.3 Å². The molecule has 0 spiro atoms. The van der Waals surface area contributed by atoms with Gasteiger partial charge in [0.15, 0.2) is 0 Å². The molecule has 0 aliphatic carbocycles. The lowest BCUT2D eigenvalue weighted by Crippen LogP contribution is -2.50. The van der Waals surface area contributed by atoms with E-state index >= 15 is 0 Å². The average molecular weight is 409 g/mol. The quantitative estimate of drug-likeness (QED) is 0.795. The summed E-state index contributed by atoms with van der Waals surface area (Å²) in [5, 5.41) is 5.60. The fourth-order valence-corrected chi connectivity index (χ4v) is 3.22. The van der Waals surface area contributed by atoms with Gasteiger partial charge in [-0.25, -0.2) is 0 Å². The fraction of sp³-hybridized carbons (Fsp3) is 0.333. The highest BCUT2D eigenvalue weighted by Gasteiger charge is 2.21. The number of carbonyl (C=O) groups is 2. The molecule has 2 amide bonds.